The number of amides is 5. The molecule has 14 heteroatoms. The van der Waals surface area contributed by atoms with E-state index in [-0.39, 0.29) is 44.7 Å². The number of rotatable bonds is 12. The Labute approximate surface area is 332 Å². The number of ether oxygens (including phenoxy) is 2. The quantitative estimate of drug-likeness (QED) is 0.205. The molecule has 2 saturated heterocycles. The van der Waals surface area contributed by atoms with Gasteiger partial charge >= 0.3 is 12.2 Å². The lowest BCUT2D eigenvalue weighted by molar-refractivity contribution is -0.140. The highest BCUT2D eigenvalue weighted by Gasteiger charge is 2.39. The number of imidazole rings is 1. The summed E-state index contributed by atoms with van der Waals surface area (Å²) < 4.78 is 139. The Balaban J connectivity index is 1.28. The molecule has 0 spiro atoms. The molecular weight excluding hydrogens is 678 g/mol. The maximum atomic E-state index is 14.1. The summed E-state index contributed by atoms with van der Waals surface area (Å²) in [6, 6.07) is 4.72. The number of aromatic amines is 1. The summed E-state index contributed by atoms with van der Waals surface area (Å²) in [5.74, 6) is -11.3. The zero-order chi connectivity index (χ0) is 51.9. The maximum Gasteiger partial charge on any atom is 0.407 e. The first-order valence-corrected chi connectivity index (χ1v) is 16.6. The molecule has 2 aliphatic heterocycles. The highest BCUT2D eigenvalue weighted by molar-refractivity contribution is 5.92. The minimum Gasteiger partial charge on any atom is -0.453 e. The minimum atomic E-state index is -3.89. The number of alkyl carbamates (subject to hydrolysis) is 2. The fraction of sp³-hybridized carbons (Fsp3) is 0.487. The smallest absolute Gasteiger partial charge is 0.407 e. The van der Waals surface area contributed by atoms with Crippen molar-refractivity contribution in [3.8, 4) is 22.4 Å². The molecule has 3 heterocycles. The second-order valence-electron chi connectivity index (χ2n) is 12.2. The molecular formula is C39H51N7O7. The van der Waals surface area contributed by atoms with E-state index in [0.29, 0.717) is 23.2 Å². The van der Waals surface area contributed by atoms with Crippen molar-refractivity contribution in [3.05, 3.63) is 66.1 Å². The van der Waals surface area contributed by atoms with E-state index < -0.39 is 93.2 Å². The molecule has 2 fully saturated rings. The largest absolute Gasteiger partial charge is 0.453 e. The van der Waals surface area contributed by atoms with Crippen LogP contribution in [0.4, 0.5) is 9.59 Å². The average molecular weight is 746 g/mol. The summed E-state index contributed by atoms with van der Waals surface area (Å²) >= 11 is 0. The van der Waals surface area contributed by atoms with Crippen LogP contribution in [0.5, 0.6) is 0 Å². The third kappa shape index (κ3) is 9.16. The Kier molecular flexibility index (Phi) is 7.43. The third-order valence-electron chi connectivity index (χ3n) is 8.94. The molecule has 0 radical (unpaired) electrons. The van der Waals surface area contributed by atoms with Crippen molar-refractivity contribution in [2.24, 2.45) is 11.8 Å². The monoisotopic (exact) mass is 745 g/mol. The van der Waals surface area contributed by atoms with Crippen LogP contribution in [-0.2, 0) is 30.4 Å². The molecule has 2 aliphatic rings. The molecule has 0 bridgehead atoms. The molecule has 5 amide bonds. The summed E-state index contributed by atoms with van der Waals surface area (Å²) in [4.78, 5) is 75.6. The zero-order valence-electron chi connectivity index (χ0n) is 45.0. The Morgan fingerprint density at radius 1 is 0.811 bits per heavy atom. The number of carbonyl (C=O) groups is 5. The van der Waals surface area contributed by atoms with Gasteiger partial charge in [0.15, 0.2) is 0 Å². The van der Waals surface area contributed by atoms with E-state index in [1.165, 1.54) is 6.20 Å². The maximum absolute atomic E-state index is 14.1. The van der Waals surface area contributed by atoms with E-state index in [0.717, 1.165) is 35.1 Å². The first kappa shape index (κ1) is 22.6. The predicted molar refractivity (Wildman–Crippen MR) is 198 cm³/mol. The van der Waals surface area contributed by atoms with Crippen LogP contribution in [0, 0.1) is 11.8 Å². The van der Waals surface area contributed by atoms with Gasteiger partial charge < -0.3 is 40.2 Å². The van der Waals surface area contributed by atoms with Crippen LogP contribution in [0.3, 0.4) is 0 Å². The topological polar surface area (TPSA) is 175 Å². The molecule has 0 aliphatic carbocycles. The highest BCUT2D eigenvalue weighted by Crippen LogP contribution is 2.33. The molecule has 284 valence electrons. The van der Waals surface area contributed by atoms with Gasteiger partial charge in [0.1, 0.15) is 23.9 Å². The van der Waals surface area contributed by atoms with Gasteiger partial charge in [0.2, 0.25) is 17.7 Å². The first-order chi connectivity index (χ1) is 31.7. The van der Waals surface area contributed by atoms with Crippen molar-refractivity contribution in [2.45, 2.75) is 83.8 Å². The van der Waals surface area contributed by atoms with Crippen LogP contribution in [0.25, 0.3) is 22.4 Å². The summed E-state index contributed by atoms with van der Waals surface area (Å²) in [7, 11) is 1.70. The van der Waals surface area contributed by atoms with E-state index in [9.17, 15) is 24.0 Å². The Bertz CT molecular complexity index is 2370. The number of nitrogens with one attached hydrogen (secondary N) is 4. The number of likely N-dealkylation sites (tertiary alicyclic amines) is 2. The summed E-state index contributed by atoms with van der Waals surface area (Å²) in [6.07, 6.45) is -0.711. The molecule has 4 atom stereocenters. The number of carbonyl (C=O) groups excluding carboxylic acids is 5. The number of aromatic nitrogens is 2. The first-order valence-electron chi connectivity index (χ1n) is 24.6. The number of hydrogen-bond donors (Lipinski definition) is 4. The summed E-state index contributed by atoms with van der Waals surface area (Å²) in [5, 5.41) is 6.10. The van der Waals surface area contributed by atoms with E-state index >= 15 is 0 Å². The Morgan fingerprint density at radius 3 is 1.92 bits per heavy atom. The van der Waals surface area contributed by atoms with Gasteiger partial charge in [-0.25, -0.2) is 14.6 Å². The van der Waals surface area contributed by atoms with Gasteiger partial charge in [0.25, 0.3) is 0 Å². The molecule has 3 aromatic rings. The SMILES string of the molecule is [2H]C([2H])([2H])C([2H])(C([2H])([2H])[2H])[C@]([2H])(NC(=O)OC)C(=O)N1CCC[C@H]1C(=O)NCc1ccc(-c2ccc(-c3cnc([C@@H]4CCCN4C(=O)[C@@]([2H])(NC(=O)OC)C([2H])(C([2H])([2H])[2H])C([2H])([2H])[2H])[nH]3)cc2)cc1. The summed E-state index contributed by atoms with van der Waals surface area (Å²) in [6.45, 7) is -15.5. The van der Waals surface area contributed by atoms with Crippen LogP contribution in [0.1, 0.15) is 92.5 Å². The molecule has 4 N–H and O–H groups in total. The van der Waals surface area contributed by atoms with Gasteiger partial charge in [-0.2, -0.15) is 0 Å². The van der Waals surface area contributed by atoms with Gasteiger partial charge in [-0.1, -0.05) is 75.9 Å². The van der Waals surface area contributed by atoms with Crippen molar-refractivity contribution >= 4 is 29.9 Å². The van der Waals surface area contributed by atoms with Crippen molar-refractivity contribution in [1.82, 2.24) is 35.7 Å². The number of benzene rings is 2. The predicted octanol–water partition coefficient (Wildman–Crippen LogP) is 4.78. The fourth-order valence-electron chi connectivity index (χ4n) is 6.23. The summed E-state index contributed by atoms with van der Waals surface area (Å²) in [5.41, 5.74) is 3.30. The molecule has 2 aromatic carbocycles. The fourth-order valence-corrected chi connectivity index (χ4v) is 6.23. The van der Waals surface area contributed by atoms with Crippen molar-refractivity contribution in [3.63, 3.8) is 0 Å². The lowest BCUT2D eigenvalue weighted by atomic mass is 10.0. The van der Waals surface area contributed by atoms with Gasteiger partial charge in [0, 0.05) is 38.8 Å². The van der Waals surface area contributed by atoms with Gasteiger partial charge in [-0.05, 0) is 59.7 Å². The highest BCUT2D eigenvalue weighted by atomic mass is 16.5. The van der Waals surface area contributed by atoms with E-state index in [4.69, 9.17) is 21.9 Å². The van der Waals surface area contributed by atoms with Crippen molar-refractivity contribution in [1.29, 1.82) is 0 Å². The number of hydrogen-bond acceptors (Lipinski definition) is 8. The second kappa shape index (κ2) is 17.4. The lowest BCUT2D eigenvalue weighted by Crippen LogP contribution is -2.55. The van der Waals surface area contributed by atoms with Gasteiger partial charge in [0.05, 0.1) is 34.9 Å². The van der Waals surface area contributed by atoms with Crippen molar-refractivity contribution < 1.29 is 55.4 Å². The van der Waals surface area contributed by atoms with Crippen molar-refractivity contribution in [2.75, 3.05) is 27.3 Å². The van der Waals surface area contributed by atoms with Crippen LogP contribution in [0.15, 0.2) is 54.7 Å². The molecule has 53 heavy (non-hydrogen) atoms. The molecule has 1 aromatic heterocycles. The number of H-pyrrole nitrogens is 1. The minimum absolute atomic E-state index is 0.0461. The standard InChI is InChI=1S/C39H51N7O7/c1-23(2)32(43-38(50)52-5)36(48)45-19-7-9-30(45)34-40-22-29(42-34)28-17-15-27(16-18-28)26-13-11-25(12-14-26)21-41-35(47)31-10-8-20-46(31)37(49)33(24(3)4)44-39(51)53-6/h11-18,22-24,30-33H,7-10,19-21H2,1-6H3,(H,40,42)(H,41,47)(H,43,50)(H,44,51)/t30-,31-,32-,33-/m0/s1/i1D3,2D3,3D3,4D3,23D,24D,32D,33D. The zero-order valence-corrected chi connectivity index (χ0v) is 29.0. The van der Waals surface area contributed by atoms with E-state index in [2.05, 4.69) is 24.8 Å². The van der Waals surface area contributed by atoms with Crippen LogP contribution < -0.4 is 16.0 Å². The van der Waals surface area contributed by atoms with E-state index in [1.807, 2.05) is 0 Å². The molecule has 14 nitrogen and oxygen atoms in total. The Hall–Kier alpha value is -5.40. The number of methoxy groups -OCH3 is 2. The van der Waals surface area contributed by atoms with Crippen LogP contribution >= 0.6 is 0 Å². The molecule has 5 rings (SSSR count). The average Bonchev–Trinajstić information content (AvgIpc) is 4.08. The Morgan fingerprint density at radius 2 is 1.34 bits per heavy atom. The van der Waals surface area contributed by atoms with Crippen LogP contribution in [-0.4, -0.2) is 95.1 Å². The van der Waals surface area contributed by atoms with Crippen LogP contribution in [0.2, 0.25) is 0 Å². The lowest BCUT2D eigenvalue weighted by Gasteiger charge is -2.30. The van der Waals surface area contributed by atoms with E-state index in [1.54, 1.807) is 59.2 Å². The normalized spacial score (nSPS) is 25.1. The second-order valence-corrected chi connectivity index (χ2v) is 12.2. The van der Waals surface area contributed by atoms with Gasteiger partial charge in [-0.15, -0.1) is 0 Å². The molecule has 0 saturated carbocycles. The molecule has 0 unspecified atom stereocenters. The number of nitrogens with zero attached hydrogens (tertiary/aromatic N) is 3. The third-order valence-corrected chi connectivity index (χ3v) is 8.94. The van der Waals surface area contributed by atoms with Gasteiger partial charge in [-0.3, -0.25) is 14.4 Å².